The molecule has 0 saturated carbocycles. The lowest BCUT2D eigenvalue weighted by molar-refractivity contribution is -0.134. The van der Waals surface area contributed by atoms with Gasteiger partial charge in [-0.15, -0.1) is 0 Å². The van der Waals surface area contributed by atoms with E-state index >= 15 is 0 Å². The van der Waals surface area contributed by atoms with Crippen LogP contribution in [-0.2, 0) is 16.0 Å². The molecule has 4 rings (SSSR count). The number of carboxylic acids is 1. The molecule has 2 aliphatic heterocycles. The van der Waals surface area contributed by atoms with E-state index in [0.29, 0.717) is 23.1 Å². The van der Waals surface area contributed by atoms with Crippen LogP contribution in [0.2, 0.25) is 10.0 Å². The second kappa shape index (κ2) is 12.8. The lowest BCUT2D eigenvalue weighted by atomic mass is 10.0. The molecule has 2 aromatic carbocycles. The van der Waals surface area contributed by atoms with E-state index in [4.69, 9.17) is 37.8 Å². The van der Waals surface area contributed by atoms with E-state index in [1.807, 2.05) is 30.3 Å². The molecule has 2 heterocycles. The number of nitrogens with one attached hydrogen (secondary N) is 1. The monoisotopic (exact) mass is 507 g/mol. The number of ether oxygens (including phenoxy) is 1. The highest BCUT2D eigenvalue weighted by Gasteiger charge is 2.19. The van der Waals surface area contributed by atoms with Crippen LogP contribution in [0.1, 0.15) is 31.7 Å². The second-order valence-electron chi connectivity index (χ2n) is 8.34. The maximum atomic E-state index is 11.5. The Balaban J connectivity index is 0.000000751. The van der Waals surface area contributed by atoms with Gasteiger partial charge in [0.25, 0.3) is 5.97 Å². The first-order chi connectivity index (χ1) is 16.3. The molecule has 0 radical (unpaired) electrons. The normalized spacial score (nSPS) is 15.6. The van der Waals surface area contributed by atoms with Gasteiger partial charge < -0.3 is 20.1 Å². The van der Waals surface area contributed by atoms with Crippen LogP contribution in [0.25, 0.3) is 0 Å². The summed E-state index contributed by atoms with van der Waals surface area (Å²) in [5, 5.41) is 11.6. The molecule has 0 aromatic heterocycles. The van der Waals surface area contributed by atoms with Crippen LogP contribution >= 0.6 is 23.2 Å². The maximum absolute atomic E-state index is 11.5. The van der Waals surface area contributed by atoms with Crippen molar-refractivity contribution in [3.05, 3.63) is 52.0 Å². The first-order valence-electron chi connectivity index (χ1n) is 11.5. The van der Waals surface area contributed by atoms with Crippen LogP contribution in [0.3, 0.4) is 0 Å². The first-order valence-corrected chi connectivity index (χ1v) is 12.3. The summed E-state index contributed by atoms with van der Waals surface area (Å²) in [5.74, 6) is 0.0698. The summed E-state index contributed by atoms with van der Waals surface area (Å²) in [6.07, 6.45) is 3.47. The fraction of sp³-hybridized carbons (Fsp3) is 0.440. The summed E-state index contributed by atoms with van der Waals surface area (Å²) >= 11 is 12.5. The average molecular weight is 508 g/mol. The molecule has 0 unspecified atom stereocenters. The highest BCUT2D eigenvalue weighted by molar-refractivity contribution is 6.43. The third kappa shape index (κ3) is 7.79. The third-order valence-corrected chi connectivity index (χ3v) is 6.57. The van der Waals surface area contributed by atoms with E-state index in [2.05, 4.69) is 21.2 Å². The number of benzene rings is 2. The number of hydrogen-bond acceptors (Lipinski definition) is 5. The molecular weight excluding hydrogens is 477 g/mol. The first kappa shape index (κ1) is 26.1. The molecule has 9 heteroatoms. The average Bonchev–Trinajstić information content (AvgIpc) is 2.80. The molecule has 0 spiro atoms. The predicted octanol–water partition coefficient (Wildman–Crippen LogP) is 4.95. The van der Waals surface area contributed by atoms with Crippen molar-refractivity contribution in [1.82, 2.24) is 4.90 Å². The van der Waals surface area contributed by atoms with E-state index in [0.717, 1.165) is 76.0 Å². The molecule has 1 amide bonds. The van der Waals surface area contributed by atoms with Gasteiger partial charge in [0.2, 0.25) is 5.91 Å². The molecule has 2 N–H and O–H groups in total. The Kier molecular flexibility index (Phi) is 9.86. The van der Waals surface area contributed by atoms with Gasteiger partial charge in [-0.3, -0.25) is 14.5 Å². The number of unbranched alkanes of at least 4 members (excludes halogenated alkanes) is 1. The number of carbonyl (C=O) groups is 2. The van der Waals surface area contributed by atoms with Crippen molar-refractivity contribution in [3.63, 3.8) is 0 Å². The predicted molar refractivity (Wildman–Crippen MR) is 137 cm³/mol. The number of carbonyl (C=O) groups excluding carboxylic acids is 1. The van der Waals surface area contributed by atoms with E-state index < -0.39 is 5.97 Å². The van der Waals surface area contributed by atoms with E-state index in [1.165, 1.54) is 5.56 Å². The Morgan fingerprint density at radius 2 is 1.82 bits per heavy atom. The number of amides is 1. The molecular formula is C25H31Cl2N3O4. The van der Waals surface area contributed by atoms with Crippen LogP contribution < -0.4 is 15.0 Å². The number of anilines is 2. The molecule has 2 aromatic rings. The van der Waals surface area contributed by atoms with Crippen LogP contribution in [0.4, 0.5) is 11.4 Å². The van der Waals surface area contributed by atoms with Gasteiger partial charge in [0, 0.05) is 51.3 Å². The summed E-state index contributed by atoms with van der Waals surface area (Å²) in [5.41, 5.74) is 3.10. The van der Waals surface area contributed by atoms with Crippen molar-refractivity contribution < 1.29 is 19.4 Å². The highest BCUT2D eigenvalue weighted by atomic mass is 35.5. The van der Waals surface area contributed by atoms with Crippen LogP contribution in [0.15, 0.2) is 36.4 Å². The molecule has 2 aliphatic rings. The standard InChI is InChI=1S/C23H27Cl2N3O2.C2H4O2/c24-19-4-3-5-21(23(19)25)28-13-11-27(12-14-28)10-1-2-15-30-18-8-6-17-7-9-22(29)26-20(17)16-18;1-2(3)4/h3-6,8,16H,1-2,7,9-15H2,(H,26,29);1H3,(H,3,4). The summed E-state index contributed by atoms with van der Waals surface area (Å²) in [4.78, 5) is 25.3. The molecule has 1 saturated heterocycles. The Labute approximate surface area is 210 Å². The zero-order chi connectivity index (χ0) is 24.5. The van der Waals surface area contributed by atoms with Gasteiger partial charge in [-0.2, -0.15) is 0 Å². The number of rotatable bonds is 7. The Bertz CT molecular complexity index is 990. The second-order valence-corrected chi connectivity index (χ2v) is 9.13. The Hall–Kier alpha value is -2.48. The SMILES string of the molecule is CC(=O)O.O=C1CCc2ccc(OCCCCN3CCN(c4cccc(Cl)c4Cl)CC3)cc2N1. The molecule has 0 atom stereocenters. The summed E-state index contributed by atoms with van der Waals surface area (Å²) in [6.45, 7) is 6.79. The fourth-order valence-electron chi connectivity index (χ4n) is 4.02. The number of halogens is 2. The van der Waals surface area contributed by atoms with Crippen LogP contribution in [0.5, 0.6) is 5.75 Å². The summed E-state index contributed by atoms with van der Waals surface area (Å²) < 4.78 is 5.89. The number of aryl methyl sites for hydroxylation is 1. The minimum Gasteiger partial charge on any atom is -0.494 e. The zero-order valence-corrected chi connectivity index (χ0v) is 20.9. The van der Waals surface area contributed by atoms with Gasteiger partial charge in [0.1, 0.15) is 5.75 Å². The van der Waals surface area contributed by atoms with Gasteiger partial charge >= 0.3 is 0 Å². The molecule has 34 heavy (non-hydrogen) atoms. The van der Waals surface area contributed by atoms with Crippen molar-refractivity contribution in [3.8, 4) is 5.75 Å². The van der Waals surface area contributed by atoms with Gasteiger partial charge in [-0.25, -0.2) is 0 Å². The Morgan fingerprint density at radius 1 is 1.09 bits per heavy atom. The largest absolute Gasteiger partial charge is 0.494 e. The number of nitrogens with zero attached hydrogens (tertiary/aromatic N) is 2. The summed E-state index contributed by atoms with van der Waals surface area (Å²) in [6, 6.07) is 11.8. The fourth-order valence-corrected chi connectivity index (χ4v) is 4.43. The molecule has 0 aliphatic carbocycles. The van der Waals surface area contributed by atoms with E-state index in [-0.39, 0.29) is 5.91 Å². The molecule has 0 bridgehead atoms. The quantitative estimate of drug-likeness (QED) is 0.515. The minimum absolute atomic E-state index is 0.0809. The minimum atomic E-state index is -0.833. The van der Waals surface area contributed by atoms with E-state index in [9.17, 15) is 4.79 Å². The maximum Gasteiger partial charge on any atom is 0.300 e. The van der Waals surface area contributed by atoms with Crippen molar-refractivity contribution >= 4 is 46.5 Å². The van der Waals surface area contributed by atoms with E-state index in [1.54, 1.807) is 0 Å². The van der Waals surface area contributed by atoms with Gasteiger partial charge in [0.15, 0.2) is 0 Å². The third-order valence-electron chi connectivity index (χ3n) is 5.76. The van der Waals surface area contributed by atoms with Crippen molar-refractivity contribution in [2.45, 2.75) is 32.6 Å². The molecule has 1 fully saturated rings. The topological polar surface area (TPSA) is 82.1 Å². The van der Waals surface area contributed by atoms with Gasteiger partial charge in [-0.1, -0.05) is 35.3 Å². The summed E-state index contributed by atoms with van der Waals surface area (Å²) in [7, 11) is 0. The number of aliphatic carboxylic acids is 1. The molecule has 184 valence electrons. The highest BCUT2D eigenvalue weighted by Crippen LogP contribution is 2.33. The lowest BCUT2D eigenvalue weighted by Crippen LogP contribution is -2.46. The van der Waals surface area contributed by atoms with Crippen LogP contribution in [0, 0.1) is 0 Å². The van der Waals surface area contributed by atoms with Gasteiger partial charge in [-0.05, 0) is 49.6 Å². The van der Waals surface area contributed by atoms with Crippen molar-refractivity contribution in [2.24, 2.45) is 0 Å². The molecule has 7 nitrogen and oxygen atoms in total. The van der Waals surface area contributed by atoms with Crippen molar-refractivity contribution in [2.75, 3.05) is 49.5 Å². The number of fused-ring (bicyclic) bond motifs is 1. The Morgan fingerprint density at radius 3 is 2.56 bits per heavy atom. The number of hydrogen-bond donors (Lipinski definition) is 2. The van der Waals surface area contributed by atoms with Crippen LogP contribution in [-0.4, -0.2) is 61.2 Å². The zero-order valence-electron chi connectivity index (χ0n) is 19.4. The van der Waals surface area contributed by atoms with Gasteiger partial charge in [0.05, 0.1) is 22.3 Å². The lowest BCUT2D eigenvalue weighted by Gasteiger charge is -2.36. The smallest absolute Gasteiger partial charge is 0.300 e. The van der Waals surface area contributed by atoms with Crippen molar-refractivity contribution in [1.29, 1.82) is 0 Å². The number of carboxylic acid groups (broad SMARTS) is 1. The number of piperazine rings is 1.